The van der Waals surface area contributed by atoms with Crippen molar-refractivity contribution < 1.29 is 28.7 Å². The minimum atomic E-state index is -0.644. The highest BCUT2D eigenvalue weighted by Gasteiger charge is 2.17. The second-order valence-corrected chi connectivity index (χ2v) is 9.35. The number of nitrogens with one attached hydrogen (secondary N) is 2. The average molecular weight is 473 g/mol. The minimum absolute atomic E-state index is 0.224. The first kappa shape index (κ1) is 25.7. The normalized spacial score (nSPS) is 16.9. The molecule has 0 saturated heterocycles. The summed E-state index contributed by atoms with van der Waals surface area (Å²) in [5.74, 6) is -0.918. The standard InChI is InChI=1S/C26H36N2O6/c29-23(27-15-19-7-3-1-4-8-19)17-33-25(31)21-11-13-22(14-12-21)26(32)34-18-24(30)28-16-20-9-5-2-6-10-20/h11-14,19-20H,1-10,15-18H2,(H,27,29)(H,28,30). The maximum atomic E-state index is 12.2. The van der Waals surface area contributed by atoms with Crippen LogP contribution in [0.4, 0.5) is 0 Å². The Balaban J connectivity index is 1.33. The molecule has 1 aromatic rings. The maximum absolute atomic E-state index is 12.2. The molecule has 0 radical (unpaired) electrons. The Labute approximate surface area is 201 Å². The van der Waals surface area contributed by atoms with Gasteiger partial charge in [-0.25, -0.2) is 9.59 Å². The van der Waals surface area contributed by atoms with E-state index in [2.05, 4.69) is 10.6 Å². The second-order valence-electron chi connectivity index (χ2n) is 9.35. The zero-order valence-electron chi connectivity index (χ0n) is 19.8. The molecule has 0 aliphatic heterocycles. The van der Waals surface area contributed by atoms with Crippen molar-refractivity contribution in [1.29, 1.82) is 0 Å². The van der Waals surface area contributed by atoms with Gasteiger partial charge in [0, 0.05) is 13.1 Å². The lowest BCUT2D eigenvalue weighted by molar-refractivity contribution is -0.125. The molecule has 0 aromatic heterocycles. The van der Waals surface area contributed by atoms with Crippen LogP contribution >= 0.6 is 0 Å². The fourth-order valence-corrected chi connectivity index (χ4v) is 4.57. The van der Waals surface area contributed by atoms with Gasteiger partial charge in [-0.15, -0.1) is 0 Å². The van der Waals surface area contributed by atoms with E-state index in [1.165, 1.54) is 62.8 Å². The molecule has 34 heavy (non-hydrogen) atoms. The number of benzene rings is 1. The SMILES string of the molecule is O=C(COC(=O)c1ccc(C(=O)OCC(=O)NCC2CCCCC2)cc1)NCC1CCCCC1. The molecule has 2 amide bonds. The van der Waals surface area contributed by atoms with Crippen LogP contribution in [0.1, 0.15) is 84.9 Å². The average Bonchev–Trinajstić information content (AvgIpc) is 2.89. The molecular weight excluding hydrogens is 436 g/mol. The van der Waals surface area contributed by atoms with Crippen molar-refractivity contribution in [2.24, 2.45) is 11.8 Å². The first-order valence-corrected chi connectivity index (χ1v) is 12.5. The topological polar surface area (TPSA) is 111 Å². The zero-order chi connectivity index (χ0) is 24.2. The molecule has 2 fully saturated rings. The van der Waals surface area contributed by atoms with Crippen LogP contribution in [0.2, 0.25) is 0 Å². The highest BCUT2D eigenvalue weighted by Crippen LogP contribution is 2.23. The van der Waals surface area contributed by atoms with Crippen molar-refractivity contribution in [3.05, 3.63) is 35.4 Å². The molecule has 1 aromatic carbocycles. The summed E-state index contributed by atoms with van der Waals surface area (Å²) in [5.41, 5.74) is 0.448. The molecule has 8 heteroatoms. The Hall–Kier alpha value is -2.90. The third-order valence-electron chi connectivity index (χ3n) is 6.65. The van der Waals surface area contributed by atoms with Crippen molar-refractivity contribution in [3.63, 3.8) is 0 Å². The summed E-state index contributed by atoms with van der Waals surface area (Å²) in [4.78, 5) is 48.3. The Kier molecular flexibility index (Phi) is 10.4. The van der Waals surface area contributed by atoms with Crippen LogP contribution in [0.15, 0.2) is 24.3 Å². The number of rotatable bonds is 10. The van der Waals surface area contributed by atoms with Crippen molar-refractivity contribution in [3.8, 4) is 0 Å². The monoisotopic (exact) mass is 472 g/mol. The van der Waals surface area contributed by atoms with E-state index in [4.69, 9.17) is 9.47 Å². The Morgan fingerprint density at radius 3 is 1.32 bits per heavy atom. The summed E-state index contributed by atoms with van der Waals surface area (Å²) >= 11 is 0. The number of ether oxygens (including phenoxy) is 2. The third-order valence-corrected chi connectivity index (χ3v) is 6.65. The van der Waals surface area contributed by atoms with E-state index in [9.17, 15) is 19.2 Å². The van der Waals surface area contributed by atoms with Crippen LogP contribution in [-0.4, -0.2) is 50.1 Å². The summed E-state index contributed by atoms with van der Waals surface area (Å²) < 4.78 is 10.1. The van der Waals surface area contributed by atoms with Gasteiger partial charge < -0.3 is 20.1 Å². The van der Waals surface area contributed by atoms with E-state index >= 15 is 0 Å². The first-order chi connectivity index (χ1) is 16.5. The molecule has 0 spiro atoms. The fourth-order valence-electron chi connectivity index (χ4n) is 4.57. The predicted molar refractivity (Wildman–Crippen MR) is 126 cm³/mol. The van der Waals surface area contributed by atoms with Crippen molar-refractivity contribution >= 4 is 23.8 Å². The van der Waals surface area contributed by atoms with Gasteiger partial charge in [0.05, 0.1) is 11.1 Å². The van der Waals surface area contributed by atoms with Gasteiger partial charge in [0.2, 0.25) is 0 Å². The van der Waals surface area contributed by atoms with E-state index < -0.39 is 11.9 Å². The minimum Gasteiger partial charge on any atom is -0.452 e. The van der Waals surface area contributed by atoms with Crippen molar-refractivity contribution in [2.75, 3.05) is 26.3 Å². The number of carbonyl (C=O) groups excluding carboxylic acids is 4. The molecule has 0 bridgehead atoms. The van der Waals surface area contributed by atoms with Crippen LogP contribution in [-0.2, 0) is 19.1 Å². The number of esters is 2. The number of amides is 2. The van der Waals surface area contributed by atoms with Gasteiger partial charge in [0.25, 0.3) is 11.8 Å². The summed E-state index contributed by atoms with van der Waals surface area (Å²) in [6, 6.07) is 5.73. The Morgan fingerprint density at radius 1 is 0.618 bits per heavy atom. The molecule has 2 saturated carbocycles. The summed E-state index contributed by atoms with van der Waals surface area (Å²) in [6.45, 7) is 0.550. The summed E-state index contributed by atoms with van der Waals surface area (Å²) in [5, 5.41) is 5.65. The van der Waals surface area contributed by atoms with Crippen molar-refractivity contribution in [1.82, 2.24) is 10.6 Å². The molecular formula is C26H36N2O6. The molecule has 0 heterocycles. The molecule has 2 N–H and O–H groups in total. The molecule has 2 aliphatic rings. The Bertz CT molecular complexity index is 757. The molecule has 0 unspecified atom stereocenters. The highest BCUT2D eigenvalue weighted by molar-refractivity contribution is 5.94. The second kappa shape index (κ2) is 13.7. The van der Waals surface area contributed by atoms with Gasteiger partial charge >= 0.3 is 11.9 Å². The number of carbonyl (C=O) groups is 4. The predicted octanol–water partition coefficient (Wildman–Crippen LogP) is 3.39. The smallest absolute Gasteiger partial charge is 0.338 e. The summed E-state index contributed by atoms with van der Waals surface area (Å²) in [7, 11) is 0. The van der Waals surface area contributed by atoms with Gasteiger partial charge in [-0.2, -0.15) is 0 Å². The first-order valence-electron chi connectivity index (χ1n) is 12.5. The van der Waals surface area contributed by atoms with E-state index in [0.29, 0.717) is 24.9 Å². The molecule has 8 nitrogen and oxygen atoms in total. The summed E-state index contributed by atoms with van der Waals surface area (Å²) in [6.07, 6.45) is 11.8. The van der Waals surface area contributed by atoms with E-state index in [-0.39, 0.29) is 36.2 Å². The van der Waals surface area contributed by atoms with Gasteiger partial charge in [0.15, 0.2) is 13.2 Å². The third kappa shape index (κ3) is 8.80. The lowest BCUT2D eigenvalue weighted by Gasteiger charge is -2.21. The quantitative estimate of drug-likeness (QED) is 0.505. The zero-order valence-corrected chi connectivity index (χ0v) is 19.8. The number of hydrogen-bond donors (Lipinski definition) is 2. The van der Waals surface area contributed by atoms with Gasteiger partial charge in [0.1, 0.15) is 0 Å². The van der Waals surface area contributed by atoms with Crippen LogP contribution in [0, 0.1) is 11.8 Å². The molecule has 0 atom stereocenters. The van der Waals surface area contributed by atoms with Crippen LogP contribution in [0.5, 0.6) is 0 Å². The van der Waals surface area contributed by atoms with Gasteiger partial charge in [-0.1, -0.05) is 38.5 Å². The Morgan fingerprint density at radius 2 is 0.971 bits per heavy atom. The van der Waals surface area contributed by atoms with Gasteiger partial charge in [-0.3, -0.25) is 9.59 Å². The van der Waals surface area contributed by atoms with Crippen LogP contribution in [0.25, 0.3) is 0 Å². The fraction of sp³-hybridized carbons (Fsp3) is 0.615. The van der Waals surface area contributed by atoms with Gasteiger partial charge in [-0.05, 0) is 61.8 Å². The molecule has 186 valence electrons. The lowest BCUT2D eigenvalue weighted by Crippen LogP contribution is -2.33. The highest BCUT2D eigenvalue weighted by atomic mass is 16.5. The lowest BCUT2D eigenvalue weighted by atomic mass is 9.89. The molecule has 2 aliphatic carbocycles. The van der Waals surface area contributed by atoms with E-state index in [1.807, 2.05) is 0 Å². The molecule has 3 rings (SSSR count). The van der Waals surface area contributed by atoms with Crippen molar-refractivity contribution in [2.45, 2.75) is 64.2 Å². The van der Waals surface area contributed by atoms with E-state index in [1.54, 1.807) is 0 Å². The maximum Gasteiger partial charge on any atom is 0.338 e. The largest absolute Gasteiger partial charge is 0.452 e. The number of hydrogen-bond acceptors (Lipinski definition) is 6. The van der Waals surface area contributed by atoms with Crippen LogP contribution in [0.3, 0.4) is 0 Å². The van der Waals surface area contributed by atoms with E-state index in [0.717, 1.165) is 25.7 Å². The van der Waals surface area contributed by atoms with Crippen LogP contribution < -0.4 is 10.6 Å².